The van der Waals surface area contributed by atoms with Crippen LogP contribution in [0.4, 0.5) is 0 Å². The highest BCUT2D eigenvalue weighted by Crippen LogP contribution is 2.40. The van der Waals surface area contributed by atoms with E-state index in [1.54, 1.807) is 0 Å². The number of nitrogens with zero attached hydrogens (tertiary/aromatic N) is 4. The summed E-state index contributed by atoms with van der Waals surface area (Å²) in [6.45, 7) is 0.898. The molecule has 0 N–H and O–H groups in total. The molecule has 0 amide bonds. The second-order valence-corrected chi connectivity index (χ2v) is 10.4. The number of rotatable bonds is 3. The number of dihydropyridines is 1. The van der Waals surface area contributed by atoms with E-state index in [2.05, 4.69) is 105 Å². The molecular weight excluding hydrogens is 464 g/mol. The van der Waals surface area contributed by atoms with Crippen LogP contribution < -0.4 is 0 Å². The van der Waals surface area contributed by atoms with Gasteiger partial charge in [-0.15, -0.1) is 0 Å². The van der Waals surface area contributed by atoms with Crippen LogP contribution in [0.15, 0.2) is 107 Å². The second-order valence-electron chi connectivity index (χ2n) is 10.4. The maximum absolute atomic E-state index is 5.43. The van der Waals surface area contributed by atoms with Gasteiger partial charge in [-0.2, -0.15) is 0 Å². The fourth-order valence-corrected chi connectivity index (χ4v) is 6.45. The number of allylic oxidation sites excluding steroid dienone is 9. The Morgan fingerprint density at radius 2 is 1.42 bits per heavy atom. The second kappa shape index (κ2) is 8.56. The van der Waals surface area contributed by atoms with Crippen LogP contribution in [0.2, 0.25) is 0 Å². The minimum absolute atomic E-state index is 0.898. The van der Waals surface area contributed by atoms with Crippen molar-refractivity contribution in [2.45, 2.75) is 32.1 Å². The molecule has 4 heterocycles. The Morgan fingerprint density at radius 3 is 2.18 bits per heavy atom. The lowest BCUT2D eigenvalue weighted by atomic mass is 9.92. The van der Waals surface area contributed by atoms with Gasteiger partial charge >= 0.3 is 0 Å². The molecule has 4 nitrogen and oxygen atoms in total. The molecule has 5 aromatic rings. The molecule has 184 valence electrons. The lowest BCUT2D eigenvalue weighted by Crippen LogP contribution is -2.05. The smallest absolute Gasteiger partial charge is 0.146 e. The van der Waals surface area contributed by atoms with E-state index in [0.29, 0.717) is 0 Å². The van der Waals surface area contributed by atoms with Crippen LogP contribution in [-0.4, -0.2) is 26.9 Å². The summed E-state index contributed by atoms with van der Waals surface area (Å²) in [6.07, 6.45) is 20.6. The van der Waals surface area contributed by atoms with Gasteiger partial charge in [0.05, 0.1) is 22.1 Å². The number of benzene rings is 2. The number of para-hydroxylation sites is 2. The van der Waals surface area contributed by atoms with Crippen molar-refractivity contribution in [2.24, 2.45) is 4.99 Å². The molecule has 0 fully saturated rings. The van der Waals surface area contributed by atoms with E-state index >= 15 is 0 Å². The molecule has 0 bridgehead atoms. The Morgan fingerprint density at radius 1 is 0.632 bits per heavy atom. The zero-order valence-corrected chi connectivity index (χ0v) is 21.3. The molecule has 0 atom stereocenters. The number of aliphatic imine (C=N–C) groups is 1. The average Bonchev–Trinajstić information content (AvgIpc) is 3.49. The highest BCUT2D eigenvalue weighted by Gasteiger charge is 2.22. The molecule has 3 aromatic heterocycles. The minimum Gasteiger partial charge on any atom is -0.311 e. The topological polar surface area (TPSA) is 35.1 Å². The molecular formula is C34H28N4. The first-order chi connectivity index (χ1) is 18.9. The summed E-state index contributed by atoms with van der Waals surface area (Å²) < 4.78 is 4.84. The van der Waals surface area contributed by atoms with E-state index < -0.39 is 0 Å². The van der Waals surface area contributed by atoms with Crippen LogP contribution in [0.3, 0.4) is 0 Å². The summed E-state index contributed by atoms with van der Waals surface area (Å²) in [5.41, 5.74) is 11.3. The first-order valence-electron chi connectivity index (χ1n) is 13.7. The van der Waals surface area contributed by atoms with Crippen molar-refractivity contribution in [2.75, 3.05) is 6.54 Å². The van der Waals surface area contributed by atoms with Gasteiger partial charge in [-0.1, -0.05) is 54.6 Å². The summed E-state index contributed by atoms with van der Waals surface area (Å²) in [6, 6.07) is 19.9. The summed E-state index contributed by atoms with van der Waals surface area (Å²) in [5.74, 6) is 0. The number of pyridine rings is 1. The minimum atomic E-state index is 0.898. The Labute approximate surface area is 221 Å². The SMILES string of the molecule is C1=CCCC(n2c3ccccc3c3cc4c(nc32)c2ccccc2n4C2=CC=C(C3=CC=NCC3)CC2)=C1. The maximum atomic E-state index is 5.43. The fourth-order valence-electron chi connectivity index (χ4n) is 6.45. The van der Waals surface area contributed by atoms with Gasteiger partial charge in [-0.3, -0.25) is 9.56 Å². The van der Waals surface area contributed by atoms with Crippen molar-refractivity contribution in [1.82, 2.24) is 14.1 Å². The van der Waals surface area contributed by atoms with Crippen LogP contribution in [-0.2, 0) is 0 Å². The van der Waals surface area contributed by atoms with Crippen molar-refractivity contribution in [3.05, 3.63) is 102 Å². The predicted octanol–water partition coefficient (Wildman–Crippen LogP) is 8.45. The first kappa shape index (κ1) is 21.6. The Balaban J connectivity index is 1.40. The van der Waals surface area contributed by atoms with E-state index in [4.69, 9.17) is 4.98 Å². The molecule has 2 aromatic carbocycles. The molecule has 0 radical (unpaired) electrons. The molecule has 0 saturated heterocycles. The zero-order valence-electron chi connectivity index (χ0n) is 21.3. The van der Waals surface area contributed by atoms with Crippen LogP contribution in [0.1, 0.15) is 32.1 Å². The Kier molecular flexibility index (Phi) is 4.87. The summed E-state index contributed by atoms with van der Waals surface area (Å²) in [5, 5.41) is 3.68. The highest BCUT2D eigenvalue weighted by atomic mass is 15.1. The van der Waals surface area contributed by atoms with E-state index in [0.717, 1.165) is 49.8 Å². The molecule has 0 unspecified atom stereocenters. The summed E-state index contributed by atoms with van der Waals surface area (Å²) in [7, 11) is 0. The van der Waals surface area contributed by atoms with Crippen LogP contribution >= 0.6 is 0 Å². The third kappa shape index (κ3) is 3.23. The third-order valence-electron chi connectivity index (χ3n) is 8.27. The molecule has 2 aliphatic carbocycles. The van der Waals surface area contributed by atoms with E-state index in [9.17, 15) is 0 Å². The normalized spacial score (nSPS) is 17.8. The number of fused-ring (bicyclic) bond motifs is 6. The summed E-state index contributed by atoms with van der Waals surface area (Å²) >= 11 is 0. The molecule has 4 heteroatoms. The van der Waals surface area contributed by atoms with E-state index in [1.807, 2.05) is 6.21 Å². The molecule has 0 spiro atoms. The predicted molar refractivity (Wildman–Crippen MR) is 161 cm³/mol. The third-order valence-corrected chi connectivity index (χ3v) is 8.27. The van der Waals surface area contributed by atoms with Gasteiger partial charge in [-0.25, -0.2) is 4.98 Å². The first-order valence-corrected chi connectivity index (χ1v) is 13.7. The maximum Gasteiger partial charge on any atom is 0.146 e. The van der Waals surface area contributed by atoms with Gasteiger partial charge < -0.3 is 4.57 Å². The number of hydrogen-bond donors (Lipinski definition) is 0. The lowest BCUT2D eigenvalue weighted by molar-refractivity contribution is 0.881. The monoisotopic (exact) mass is 492 g/mol. The van der Waals surface area contributed by atoms with Crippen molar-refractivity contribution < 1.29 is 0 Å². The summed E-state index contributed by atoms with van der Waals surface area (Å²) in [4.78, 5) is 9.79. The van der Waals surface area contributed by atoms with Gasteiger partial charge in [0.2, 0.25) is 0 Å². The largest absolute Gasteiger partial charge is 0.311 e. The van der Waals surface area contributed by atoms with Gasteiger partial charge in [0.1, 0.15) is 5.65 Å². The quantitative estimate of drug-likeness (QED) is 0.249. The van der Waals surface area contributed by atoms with Crippen molar-refractivity contribution in [1.29, 1.82) is 0 Å². The van der Waals surface area contributed by atoms with Gasteiger partial charge in [0.25, 0.3) is 0 Å². The van der Waals surface area contributed by atoms with Crippen molar-refractivity contribution in [3.63, 3.8) is 0 Å². The number of aromatic nitrogens is 3. The number of hydrogen-bond acceptors (Lipinski definition) is 2. The molecule has 0 saturated carbocycles. The van der Waals surface area contributed by atoms with Gasteiger partial charge in [-0.05, 0) is 79.7 Å². The van der Waals surface area contributed by atoms with E-state index in [-0.39, 0.29) is 0 Å². The van der Waals surface area contributed by atoms with Gasteiger partial charge in [0, 0.05) is 40.3 Å². The molecule has 38 heavy (non-hydrogen) atoms. The van der Waals surface area contributed by atoms with Crippen LogP contribution in [0, 0.1) is 0 Å². The van der Waals surface area contributed by atoms with Crippen LogP contribution in [0.25, 0.3) is 55.3 Å². The average molecular weight is 493 g/mol. The Bertz CT molecular complexity index is 1970. The molecule has 8 rings (SSSR count). The van der Waals surface area contributed by atoms with Crippen molar-refractivity contribution in [3.8, 4) is 0 Å². The zero-order chi connectivity index (χ0) is 25.1. The van der Waals surface area contributed by atoms with E-state index in [1.165, 1.54) is 55.2 Å². The Hall–Kier alpha value is -4.44. The molecule has 1 aliphatic heterocycles. The standard InChI is InChI=1S/C34H28N4/c1-2-8-25(9-3-1)38-30-12-6-4-10-27(30)29-22-32-33(36-34(29)38)28-11-5-7-13-31(28)37(32)26-16-14-23(15-17-26)24-18-20-35-21-19-24/h1-2,4-8,10-14,16,18,20,22H,3,9,15,17,19,21H2. The lowest BCUT2D eigenvalue weighted by Gasteiger charge is -2.20. The fraction of sp³-hybridized carbons (Fsp3) is 0.176. The van der Waals surface area contributed by atoms with Crippen molar-refractivity contribution >= 4 is 61.5 Å². The van der Waals surface area contributed by atoms with Gasteiger partial charge in [0.15, 0.2) is 0 Å². The van der Waals surface area contributed by atoms with Crippen LogP contribution in [0.5, 0.6) is 0 Å². The molecule has 3 aliphatic rings. The highest BCUT2D eigenvalue weighted by molar-refractivity contribution is 6.16.